The minimum atomic E-state index is 0.449. The highest BCUT2D eigenvalue weighted by atomic mass is 15.1. The minimum absolute atomic E-state index is 0.449. The van der Waals surface area contributed by atoms with Gasteiger partial charge in [0, 0.05) is 18.2 Å². The summed E-state index contributed by atoms with van der Waals surface area (Å²) in [6, 6.07) is 0. The fourth-order valence-electron chi connectivity index (χ4n) is 2.72. The second kappa shape index (κ2) is 7.22. The van der Waals surface area contributed by atoms with Crippen molar-refractivity contribution in [2.75, 3.05) is 19.3 Å². The van der Waals surface area contributed by atoms with Gasteiger partial charge in [0.1, 0.15) is 11.3 Å². The molecule has 0 bridgehead atoms. The Morgan fingerprint density at radius 2 is 2.09 bits per heavy atom. The van der Waals surface area contributed by atoms with Gasteiger partial charge in [-0.05, 0) is 26.4 Å². The van der Waals surface area contributed by atoms with Crippen molar-refractivity contribution in [1.82, 2.24) is 19.9 Å². The van der Waals surface area contributed by atoms with Gasteiger partial charge in [-0.15, -0.1) is 0 Å². The Labute approximate surface area is 131 Å². The first kappa shape index (κ1) is 16.2. The van der Waals surface area contributed by atoms with E-state index in [9.17, 15) is 0 Å². The molecule has 0 fully saturated rings. The molecule has 118 valence electrons. The number of nitrogen functional groups attached to an aromatic ring is 1. The van der Waals surface area contributed by atoms with Gasteiger partial charge < -0.3 is 15.6 Å². The Hall–Kier alpha value is -2.14. The number of fused-ring (bicyclic) bond motifs is 1. The van der Waals surface area contributed by atoms with Crippen LogP contribution in [0.4, 0.5) is 5.82 Å². The average molecular weight is 299 g/mol. The smallest absolute Gasteiger partial charge is 0.152 e. The molecule has 0 aliphatic rings. The lowest BCUT2D eigenvalue weighted by molar-refractivity contribution is 0.583. The highest BCUT2D eigenvalue weighted by Crippen LogP contribution is 2.17. The zero-order valence-electron chi connectivity index (χ0n) is 13.5. The van der Waals surface area contributed by atoms with Gasteiger partial charge in [0.05, 0.1) is 10.9 Å². The van der Waals surface area contributed by atoms with Crippen LogP contribution in [0.5, 0.6) is 0 Å². The molecule has 2 heterocycles. The van der Waals surface area contributed by atoms with Crippen LogP contribution in [0.15, 0.2) is 12.7 Å². The van der Waals surface area contributed by atoms with Crippen molar-refractivity contribution in [1.29, 1.82) is 0 Å². The van der Waals surface area contributed by atoms with E-state index in [0.717, 1.165) is 54.4 Å². The molecule has 5 heteroatoms. The second-order valence-electron chi connectivity index (χ2n) is 5.30. The van der Waals surface area contributed by atoms with Crippen LogP contribution in [0.2, 0.25) is 0 Å². The van der Waals surface area contributed by atoms with Crippen molar-refractivity contribution < 1.29 is 0 Å². The Bertz CT molecular complexity index is 773. The summed E-state index contributed by atoms with van der Waals surface area (Å²) in [5.41, 5.74) is 7.85. The van der Waals surface area contributed by atoms with Crippen molar-refractivity contribution in [2.45, 2.75) is 32.7 Å². The number of nitrogens with one attached hydrogen (secondary N) is 1. The van der Waals surface area contributed by atoms with E-state index in [-0.39, 0.29) is 0 Å². The normalized spacial score (nSPS) is 12.2. The molecule has 0 aromatic carbocycles. The van der Waals surface area contributed by atoms with Crippen LogP contribution >= 0.6 is 0 Å². The molecule has 0 atom stereocenters. The molecule has 5 nitrogen and oxygen atoms in total. The summed E-state index contributed by atoms with van der Waals surface area (Å²) in [7, 11) is 1.97. The molecule has 0 radical (unpaired) electrons. The molecule has 0 saturated carbocycles. The number of nitrogens with two attached hydrogens (primary N) is 1. The number of imidazole rings is 1. The molecular formula is C17H25N5. The molecule has 0 amide bonds. The lowest BCUT2D eigenvalue weighted by Gasteiger charge is -2.09. The quantitative estimate of drug-likeness (QED) is 0.747. The molecule has 2 aromatic rings. The summed E-state index contributed by atoms with van der Waals surface area (Å²) in [5, 5.41) is 4.81. The summed E-state index contributed by atoms with van der Waals surface area (Å²) >= 11 is 0. The van der Waals surface area contributed by atoms with Gasteiger partial charge in [-0.3, -0.25) is 0 Å². The van der Waals surface area contributed by atoms with E-state index in [1.165, 1.54) is 0 Å². The topological polar surface area (TPSA) is 68.8 Å². The maximum atomic E-state index is 6.06. The Kier molecular flexibility index (Phi) is 5.33. The zero-order valence-corrected chi connectivity index (χ0v) is 13.5. The monoisotopic (exact) mass is 299 g/mol. The van der Waals surface area contributed by atoms with Gasteiger partial charge in [0.2, 0.25) is 0 Å². The number of pyridine rings is 1. The summed E-state index contributed by atoms with van der Waals surface area (Å²) in [6.07, 6.45) is 6.76. The van der Waals surface area contributed by atoms with Crippen molar-refractivity contribution >= 4 is 29.5 Å². The summed E-state index contributed by atoms with van der Waals surface area (Å²) in [6.45, 7) is 11.8. The maximum absolute atomic E-state index is 6.06. The van der Waals surface area contributed by atoms with Crippen LogP contribution in [-0.2, 0) is 13.0 Å². The Morgan fingerprint density at radius 1 is 1.32 bits per heavy atom. The van der Waals surface area contributed by atoms with Crippen LogP contribution in [0.3, 0.4) is 0 Å². The van der Waals surface area contributed by atoms with Gasteiger partial charge in [-0.1, -0.05) is 32.2 Å². The predicted molar refractivity (Wildman–Crippen MR) is 93.9 cm³/mol. The molecule has 0 saturated heterocycles. The molecule has 0 unspecified atom stereocenters. The SMILES string of the molecule is C=C/C=c1\c(=C)nc(N)c2nc(CC)n(CCCCNC)c12. The maximum Gasteiger partial charge on any atom is 0.152 e. The standard InChI is InChI=1S/C17H25N5/c1-5-9-13-12(3)20-17(18)15-16(13)22(14(6-2)21-15)11-8-7-10-19-4/h5,9,19H,1,3,6-8,10-11H2,2,4H3,(H2,18,20)/b13-9+. The molecule has 3 N–H and O–H groups in total. The lowest BCUT2D eigenvalue weighted by Crippen LogP contribution is -2.30. The first-order valence-corrected chi connectivity index (χ1v) is 7.74. The average Bonchev–Trinajstić information content (AvgIpc) is 2.87. The van der Waals surface area contributed by atoms with E-state index < -0.39 is 0 Å². The molecule has 2 aromatic heterocycles. The van der Waals surface area contributed by atoms with Crippen LogP contribution in [0.1, 0.15) is 25.6 Å². The fourth-order valence-corrected chi connectivity index (χ4v) is 2.72. The van der Waals surface area contributed by atoms with Gasteiger partial charge in [-0.2, -0.15) is 0 Å². The molecule has 0 aliphatic carbocycles. The van der Waals surface area contributed by atoms with Gasteiger partial charge >= 0.3 is 0 Å². The van der Waals surface area contributed by atoms with Crippen molar-refractivity contribution in [3.05, 3.63) is 29.0 Å². The minimum Gasteiger partial charge on any atom is -0.382 e. The number of rotatable bonds is 7. The number of aryl methyl sites for hydroxylation is 2. The van der Waals surface area contributed by atoms with Crippen LogP contribution in [-0.4, -0.2) is 28.1 Å². The van der Waals surface area contributed by atoms with E-state index in [1.807, 2.05) is 13.1 Å². The van der Waals surface area contributed by atoms with Gasteiger partial charge in [0.25, 0.3) is 0 Å². The first-order chi connectivity index (χ1) is 10.6. The lowest BCUT2D eigenvalue weighted by atomic mass is 10.2. The molecule has 0 aliphatic heterocycles. The van der Waals surface area contributed by atoms with E-state index in [0.29, 0.717) is 11.2 Å². The molecular weight excluding hydrogens is 274 g/mol. The summed E-state index contributed by atoms with van der Waals surface area (Å²) in [4.78, 5) is 9.01. The fraction of sp³-hybridized carbons (Fsp3) is 0.412. The number of hydrogen-bond donors (Lipinski definition) is 2. The van der Waals surface area contributed by atoms with Gasteiger partial charge in [0.15, 0.2) is 5.82 Å². The number of anilines is 1. The largest absolute Gasteiger partial charge is 0.382 e. The summed E-state index contributed by atoms with van der Waals surface area (Å²) in [5.74, 6) is 1.49. The third kappa shape index (κ3) is 3.04. The number of nitrogens with zero attached hydrogens (tertiary/aromatic N) is 3. The Morgan fingerprint density at radius 3 is 2.73 bits per heavy atom. The van der Waals surface area contributed by atoms with E-state index in [4.69, 9.17) is 10.7 Å². The third-order valence-electron chi connectivity index (χ3n) is 3.77. The van der Waals surface area contributed by atoms with Crippen molar-refractivity contribution in [2.24, 2.45) is 0 Å². The van der Waals surface area contributed by atoms with Crippen molar-refractivity contribution in [3.63, 3.8) is 0 Å². The first-order valence-electron chi connectivity index (χ1n) is 7.74. The summed E-state index contributed by atoms with van der Waals surface area (Å²) < 4.78 is 2.26. The third-order valence-corrected chi connectivity index (χ3v) is 3.77. The number of hydrogen-bond acceptors (Lipinski definition) is 4. The van der Waals surface area contributed by atoms with E-state index in [2.05, 4.69) is 34.9 Å². The van der Waals surface area contributed by atoms with Gasteiger partial charge in [-0.25, -0.2) is 9.97 Å². The Balaban J connectivity index is 2.64. The van der Waals surface area contributed by atoms with Crippen LogP contribution < -0.4 is 21.6 Å². The molecule has 0 spiro atoms. The molecule has 22 heavy (non-hydrogen) atoms. The van der Waals surface area contributed by atoms with Crippen LogP contribution in [0.25, 0.3) is 23.7 Å². The number of aromatic nitrogens is 3. The van der Waals surface area contributed by atoms with E-state index >= 15 is 0 Å². The zero-order chi connectivity index (χ0) is 16.1. The number of unbranched alkanes of at least 4 members (excludes halogenated alkanes) is 1. The predicted octanol–water partition coefficient (Wildman–Crippen LogP) is 0.952. The highest BCUT2D eigenvalue weighted by Gasteiger charge is 2.14. The van der Waals surface area contributed by atoms with E-state index in [1.54, 1.807) is 6.08 Å². The molecule has 2 rings (SSSR count). The van der Waals surface area contributed by atoms with Crippen LogP contribution in [0, 0.1) is 0 Å². The van der Waals surface area contributed by atoms with Crippen molar-refractivity contribution in [3.8, 4) is 0 Å². The number of allylic oxidation sites excluding steroid dienone is 1. The second-order valence-corrected chi connectivity index (χ2v) is 5.30. The highest BCUT2D eigenvalue weighted by molar-refractivity contribution is 5.86.